The number of halogens is 2. The molecule has 1 aliphatic rings. The van der Waals surface area contributed by atoms with E-state index in [4.69, 9.17) is 16.3 Å². The van der Waals surface area contributed by atoms with E-state index in [9.17, 15) is 4.39 Å². The maximum Gasteiger partial charge on any atom is 0.145 e. The highest BCUT2D eigenvalue weighted by atomic mass is 35.5. The second kappa shape index (κ2) is 6.00. The molecule has 1 fully saturated rings. The summed E-state index contributed by atoms with van der Waals surface area (Å²) in [6, 6.07) is 5.27. The van der Waals surface area contributed by atoms with Gasteiger partial charge in [0.2, 0.25) is 0 Å². The van der Waals surface area contributed by atoms with Gasteiger partial charge in [0.1, 0.15) is 5.82 Å². The number of rotatable bonds is 4. The average molecular weight is 272 g/mol. The van der Waals surface area contributed by atoms with Gasteiger partial charge in [0.05, 0.1) is 5.02 Å². The summed E-state index contributed by atoms with van der Waals surface area (Å²) in [7, 11) is 0. The molecular weight excluding hydrogens is 253 g/mol. The van der Waals surface area contributed by atoms with Crippen LogP contribution in [0.15, 0.2) is 18.2 Å². The monoisotopic (exact) mass is 271 g/mol. The molecule has 18 heavy (non-hydrogen) atoms. The summed E-state index contributed by atoms with van der Waals surface area (Å²) >= 11 is 5.90. The molecule has 1 N–H and O–H groups in total. The van der Waals surface area contributed by atoms with Gasteiger partial charge >= 0.3 is 0 Å². The van der Waals surface area contributed by atoms with Crippen molar-refractivity contribution in [1.29, 1.82) is 0 Å². The lowest BCUT2D eigenvalue weighted by Crippen LogP contribution is -2.43. The Morgan fingerprint density at radius 3 is 2.78 bits per heavy atom. The van der Waals surface area contributed by atoms with Gasteiger partial charge in [-0.1, -0.05) is 30.7 Å². The van der Waals surface area contributed by atoms with Gasteiger partial charge in [-0.25, -0.2) is 4.39 Å². The Balaban J connectivity index is 2.35. The van der Waals surface area contributed by atoms with Crippen LogP contribution in [0.5, 0.6) is 0 Å². The van der Waals surface area contributed by atoms with Crippen molar-refractivity contribution >= 4 is 11.6 Å². The largest absolute Gasteiger partial charge is 0.381 e. The van der Waals surface area contributed by atoms with Gasteiger partial charge in [-0.3, -0.25) is 0 Å². The molecule has 0 bridgehead atoms. The highest BCUT2D eigenvalue weighted by Crippen LogP contribution is 2.37. The first-order valence-corrected chi connectivity index (χ1v) is 6.80. The van der Waals surface area contributed by atoms with E-state index in [1.54, 1.807) is 6.07 Å². The maximum absolute atomic E-state index is 14.3. The molecule has 1 aromatic carbocycles. The summed E-state index contributed by atoms with van der Waals surface area (Å²) in [6.45, 7) is 5.06. The number of hydrogen-bond acceptors (Lipinski definition) is 2. The first-order chi connectivity index (χ1) is 8.69. The van der Waals surface area contributed by atoms with Crippen molar-refractivity contribution < 1.29 is 9.13 Å². The van der Waals surface area contributed by atoms with Gasteiger partial charge in [0.15, 0.2) is 0 Å². The van der Waals surface area contributed by atoms with E-state index in [1.165, 1.54) is 0 Å². The molecule has 0 spiro atoms. The topological polar surface area (TPSA) is 21.3 Å². The lowest BCUT2D eigenvalue weighted by molar-refractivity contribution is 0.0488. The molecular formula is C14H19ClFNO. The van der Waals surface area contributed by atoms with E-state index in [-0.39, 0.29) is 16.3 Å². The molecule has 1 heterocycles. The Kier molecular flexibility index (Phi) is 4.60. The van der Waals surface area contributed by atoms with Crippen LogP contribution in [0.2, 0.25) is 5.02 Å². The summed E-state index contributed by atoms with van der Waals surface area (Å²) in [5.74, 6) is -0.279. The summed E-state index contributed by atoms with van der Waals surface area (Å²) in [6.07, 6.45) is 1.66. The van der Waals surface area contributed by atoms with Crippen molar-refractivity contribution in [1.82, 2.24) is 5.32 Å². The van der Waals surface area contributed by atoms with E-state index in [0.29, 0.717) is 13.2 Å². The molecule has 0 unspecified atom stereocenters. The predicted octanol–water partition coefficient (Wildman–Crippen LogP) is 3.14. The van der Waals surface area contributed by atoms with Crippen molar-refractivity contribution in [3.05, 3.63) is 34.6 Å². The Morgan fingerprint density at radius 1 is 1.39 bits per heavy atom. The fraction of sp³-hybridized carbons (Fsp3) is 0.571. The highest BCUT2D eigenvalue weighted by Gasteiger charge is 2.36. The zero-order chi connectivity index (χ0) is 13.0. The van der Waals surface area contributed by atoms with E-state index in [0.717, 1.165) is 31.5 Å². The van der Waals surface area contributed by atoms with Crippen LogP contribution >= 0.6 is 11.6 Å². The van der Waals surface area contributed by atoms with Gasteiger partial charge in [-0.05, 0) is 31.0 Å². The molecule has 1 aromatic rings. The fourth-order valence-electron chi connectivity index (χ4n) is 2.58. The van der Waals surface area contributed by atoms with Gasteiger partial charge in [-0.15, -0.1) is 0 Å². The van der Waals surface area contributed by atoms with E-state index >= 15 is 0 Å². The SMILES string of the molecule is CCNCC1(c2cccc(Cl)c2F)CCOCC1. The average Bonchev–Trinajstić information content (AvgIpc) is 2.40. The molecule has 1 saturated heterocycles. The summed E-state index contributed by atoms with van der Waals surface area (Å²) < 4.78 is 19.7. The quantitative estimate of drug-likeness (QED) is 0.908. The zero-order valence-electron chi connectivity index (χ0n) is 10.6. The molecule has 1 aliphatic heterocycles. The second-order valence-electron chi connectivity index (χ2n) is 4.77. The highest BCUT2D eigenvalue weighted by molar-refractivity contribution is 6.30. The third kappa shape index (κ3) is 2.68. The Hall–Kier alpha value is -0.640. The molecule has 2 nitrogen and oxygen atoms in total. The third-order valence-electron chi connectivity index (χ3n) is 3.69. The molecule has 0 atom stereocenters. The second-order valence-corrected chi connectivity index (χ2v) is 5.18. The van der Waals surface area contributed by atoms with Gasteiger partial charge in [0, 0.05) is 25.2 Å². The fourth-order valence-corrected chi connectivity index (χ4v) is 2.76. The normalized spacial score (nSPS) is 18.8. The van der Waals surface area contributed by atoms with Crippen molar-refractivity contribution in [2.45, 2.75) is 25.2 Å². The molecule has 0 aromatic heterocycles. The van der Waals surface area contributed by atoms with Crippen molar-refractivity contribution in [3.8, 4) is 0 Å². The van der Waals surface area contributed by atoms with E-state index < -0.39 is 0 Å². The molecule has 100 valence electrons. The third-order valence-corrected chi connectivity index (χ3v) is 3.98. The van der Waals surface area contributed by atoms with Crippen LogP contribution in [-0.4, -0.2) is 26.3 Å². The van der Waals surface area contributed by atoms with Gasteiger partial charge < -0.3 is 10.1 Å². The molecule has 0 aliphatic carbocycles. The Bertz CT molecular complexity index is 405. The number of nitrogens with one attached hydrogen (secondary N) is 1. The van der Waals surface area contributed by atoms with E-state index in [2.05, 4.69) is 12.2 Å². The molecule has 0 amide bonds. The first-order valence-electron chi connectivity index (χ1n) is 6.42. The Labute approximate surface area is 112 Å². The smallest absolute Gasteiger partial charge is 0.145 e. The minimum Gasteiger partial charge on any atom is -0.381 e. The van der Waals surface area contributed by atoms with Crippen molar-refractivity contribution in [3.63, 3.8) is 0 Å². The number of benzene rings is 1. The minimum absolute atomic E-state index is 0.191. The summed E-state index contributed by atoms with van der Waals surface area (Å²) in [5.41, 5.74) is 0.530. The molecule has 2 rings (SSSR count). The Morgan fingerprint density at radius 2 is 2.11 bits per heavy atom. The molecule has 0 radical (unpaired) electrons. The zero-order valence-corrected chi connectivity index (χ0v) is 11.4. The van der Waals surface area contributed by atoms with Crippen LogP contribution in [0.3, 0.4) is 0 Å². The van der Waals surface area contributed by atoms with Crippen molar-refractivity contribution in [2.24, 2.45) is 0 Å². The van der Waals surface area contributed by atoms with Crippen LogP contribution in [0.4, 0.5) is 4.39 Å². The standard InChI is InChI=1S/C14H19ClFNO/c1-2-17-10-14(6-8-18-9-7-14)11-4-3-5-12(15)13(11)16/h3-5,17H,2,6-10H2,1H3. The van der Waals surface area contributed by atoms with Crippen LogP contribution in [-0.2, 0) is 10.2 Å². The summed E-state index contributed by atoms with van der Waals surface area (Å²) in [4.78, 5) is 0. The number of hydrogen-bond donors (Lipinski definition) is 1. The number of ether oxygens (including phenoxy) is 1. The van der Waals surface area contributed by atoms with Crippen molar-refractivity contribution in [2.75, 3.05) is 26.3 Å². The van der Waals surface area contributed by atoms with Gasteiger partial charge in [-0.2, -0.15) is 0 Å². The molecule has 0 saturated carbocycles. The minimum atomic E-state index is -0.279. The lowest BCUT2D eigenvalue weighted by atomic mass is 9.74. The van der Waals surface area contributed by atoms with Gasteiger partial charge in [0.25, 0.3) is 0 Å². The lowest BCUT2D eigenvalue weighted by Gasteiger charge is -2.38. The maximum atomic E-state index is 14.3. The van der Waals surface area contributed by atoms with Crippen LogP contribution in [0, 0.1) is 5.82 Å². The molecule has 4 heteroatoms. The number of likely N-dealkylation sites (N-methyl/N-ethyl adjacent to an activating group) is 1. The first kappa shape index (κ1) is 13.8. The van der Waals surface area contributed by atoms with Crippen LogP contribution < -0.4 is 5.32 Å². The van der Waals surface area contributed by atoms with E-state index in [1.807, 2.05) is 12.1 Å². The van der Waals surface area contributed by atoms with Crippen LogP contribution in [0.25, 0.3) is 0 Å². The summed E-state index contributed by atoms with van der Waals surface area (Å²) in [5, 5.41) is 3.54. The predicted molar refractivity (Wildman–Crippen MR) is 71.7 cm³/mol. The van der Waals surface area contributed by atoms with Crippen LogP contribution in [0.1, 0.15) is 25.3 Å².